The van der Waals surface area contributed by atoms with Crippen LogP contribution in [0.5, 0.6) is 0 Å². The molecule has 0 amide bonds. The molecule has 0 spiro atoms. The van der Waals surface area contributed by atoms with Gasteiger partial charge in [-0.25, -0.2) is 4.98 Å². The molecule has 0 fully saturated rings. The summed E-state index contributed by atoms with van der Waals surface area (Å²) in [5.41, 5.74) is 5.89. The summed E-state index contributed by atoms with van der Waals surface area (Å²) >= 11 is 0. The molecule has 20 heavy (non-hydrogen) atoms. The number of H-pyrrole nitrogens is 1. The molecule has 3 aromatic rings. The Labute approximate surface area is 116 Å². The second kappa shape index (κ2) is 4.52. The van der Waals surface area contributed by atoms with Crippen LogP contribution in [-0.4, -0.2) is 26.3 Å². The molecular weight excluding hydrogens is 250 g/mol. The van der Waals surface area contributed by atoms with Gasteiger partial charge in [-0.05, 0) is 18.4 Å². The van der Waals surface area contributed by atoms with Gasteiger partial charge in [-0.3, -0.25) is 9.67 Å². The Morgan fingerprint density at radius 2 is 2.20 bits per heavy atom. The van der Waals surface area contributed by atoms with Crippen LogP contribution in [0.3, 0.4) is 0 Å². The average Bonchev–Trinajstić information content (AvgIpc) is 3.17. The van der Waals surface area contributed by atoms with Crippen molar-refractivity contribution in [3.8, 4) is 16.9 Å². The number of aromatic amines is 1. The second-order valence-corrected chi connectivity index (χ2v) is 4.98. The lowest BCUT2D eigenvalue weighted by Crippen LogP contribution is -2.13. The molecule has 100 valence electrons. The van der Waals surface area contributed by atoms with Gasteiger partial charge in [-0.15, -0.1) is 0 Å². The zero-order valence-corrected chi connectivity index (χ0v) is 11.0. The molecule has 5 nitrogen and oxygen atoms in total. The maximum atomic E-state index is 4.30. The van der Waals surface area contributed by atoms with E-state index in [-0.39, 0.29) is 0 Å². The number of nitrogens with one attached hydrogen (secondary N) is 2. The van der Waals surface area contributed by atoms with E-state index in [1.807, 2.05) is 18.7 Å². The number of hydrogen-bond donors (Lipinski definition) is 2. The number of imidazole rings is 1. The molecule has 3 heterocycles. The molecule has 2 aromatic heterocycles. The number of para-hydroxylation sites is 1. The van der Waals surface area contributed by atoms with Crippen LogP contribution in [0.1, 0.15) is 12.0 Å². The number of aromatic nitrogens is 4. The first-order valence-corrected chi connectivity index (χ1v) is 6.81. The van der Waals surface area contributed by atoms with E-state index in [0.717, 1.165) is 24.3 Å². The molecule has 4 rings (SSSR count). The van der Waals surface area contributed by atoms with Crippen molar-refractivity contribution in [3.63, 3.8) is 0 Å². The summed E-state index contributed by atoms with van der Waals surface area (Å²) in [6.45, 7) is 1.03. The van der Waals surface area contributed by atoms with Gasteiger partial charge in [0.25, 0.3) is 0 Å². The number of rotatable bonds is 2. The molecule has 0 saturated heterocycles. The summed E-state index contributed by atoms with van der Waals surface area (Å²) < 4.78 is 2.05. The Bertz CT molecular complexity index is 727. The zero-order chi connectivity index (χ0) is 13.4. The lowest BCUT2D eigenvalue weighted by atomic mass is 9.98. The molecule has 2 N–H and O–H groups in total. The van der Waals surface area contributed by atoms with E-state index in [1.165, 1.54) is 23.2 Å². The predicted molar refractivity (Wildman–Crippen MR) is 78.0 cm³/mol. The van der Waals surface area contributed by atoms with E-state index in [9.17, 15) is 0 Å². The molecular formula is C15H15N5. The fourth-order valence-corrected chi connectivity index (χ4v) is 2.80. The molecule has 1 aromatic carbocycles. The molecule has 0 bridgehead atoms. The largest absolute Gasteiger partial charge is 0.384 e. The highest BCUT2D eigenvalue weighted by molar-refractivity contribution is 5.79. The SMILES string of the molecule is c1cc2c(c(-c3cncn3-c3cn[nH]c3)c1)NCCC2. The number of benzene rings is 1. The first-order chi connectivity index (χ1) is 9.93. The van der Waals surface area contributed by atoms with Crippen LogP contribution in [0.25, 0.3) is 16.9 Å². The minimum Gasteiger partial charge on any atom is -0.384 e. The zero-order valence-electron chi connectivity index (χ0n) is 11.0. The maximum Gasteiger partial charge on any atom is 0.0998 e. The summed E-state index contributed by atoms with van der Waals surface area (Å²) in [6.07, 6.45) is 9.72. The Morgan fingerprint density at radius 1 is 1.20 bits per heavy atom. The van der Waals surface area contributed by atoms with Gasteiger partial charge >= 0.3 is 0 Å². The summed E-state index contributed by atoms with van der Waals surface area (Å²) in [4.78, 5) is 4.30. The summed E-state index contributed by atoms with van der Waals surface area (Å²) in [5, 5.41) is 10.4. The van der Waals surface area contributed by atoms with Crippen LogP contribution in [-0.2, 0) is 6.42 Å². The highest BCUT2D eigenvalue weighted by Gasteiger charge is 2.16. The van der Waals surface area contributed by atoms with Crippen molar-refractivity contribution >= 4 is 5.69 Å². The van der Waals surface area contributed by atoms with Crippen LogP contribution in [0.4, 0.5) is 5.69 Å². The van der Waals surface area contributed by atoms with Crippen LogP contribution in [0, 0.1) is 0 Å². The molecule has 1 aliphatic heterocycles. The Kier molecular flexibility index (Phi) is 2.55. The van der Waals surface area contributed by atoms with Crippen LogP contribution >= 0.6 is 0 Å². The number of aryl methyl sites for hydroxylation is 1. The monoisotopic (exact) mass is 265 g/mol. The molecule has 0 unspecified atom stereocenters. The second-order valence-electron chi connectivity index (χ2n) is 4.98. The number of fused-ring (bicyclic) bond motifs is 1. The van der Waals surface area contributed by atoms with Crippen molar-refractivity contribution in [2.75, 3.05) is 11.9 Å². The van der Waals surface area contributed by atoms with Crippen molar-refractivity contribution in [1.82, 2.24) is 19.7 Å². The van der Waals surface area contributed by atoms with Crippen LogP contribution < -0.4 is 5.32 Å². The molecule has 0 saturated carbocycles. The average molecular weight is 265 g/mol. The van der Waals surface area contributed by atoms with E-state index in [0.29, 0.717) is 0 Å². The minimum absolute atomic E-state index is 0.992. The van der Waals surface area contributed by atoms with Gasteiger partial charge in [0, 0.05) is 24.0 Å². The smallest absolute Gasteiger partial charge is 0.0998 e. The fraction of sp³-hybridized carbons (Fsp3) is 0.200. The quantitative estimate of drug-likeness (QED) is 0.749. The number of nitrogens with zero attached hydrogens (tertiary/aromatic N) is 3. The summed E-state index contributed by atoms with van der Waals surface area (Å²) in [6, 6.07) is 6.46. The van der Waals surface area contributed by atoms with Gasteiger partial charge in [-0.1, -0.05) is 18.2 Å². The minimum atomic E-state index is 0.992. The van der Waals surface area contributed by atoms with Crippen molar-refractivity contribution in [2.24, 2.45) is 0 Å². The maximum absolute atomic E-state index is 4.30. The third kappa shape index (κ3) is 1.71. The predicted octanol–water partition coefficient (Wildman–Crippen LogP) is 2.62. The van der Waals surface area contributed by atoms with Crippen molar-refractivity contribution in [2.45, 2.75) is 12.8 Å². The van der Waals surface area contributed by atoms with E-state index in [2.05, 4.69) is 43.3 Å². The van der Waals surface area contributed by atoms with Crippen molar-refractivity contribution < 1.29 is 0 Å². The highest BCUT2D eigenvalue weighted by Crippen LogP contribution is 2.34. The molecule has 0 aliphatic carbocycles. The molecule has 0 radical (unpaired) electrons. The molecule has 5 heteroatoms. The van der Waals surface area contributed by atoms with Gasteiger partial charge in [0.05, 0.1) is 30.1 Å². The van der Waals surface area contributed by atoms with Gasteiger partial charge in [-0.2, -0.15) is 5.10 Å². The van der Waals surface area contributed by atoms with Crippen LogP contribution in [0.15, 0.2) is 43.1 Å². The summed E-state index contributed by atoms with van der Waals surface area (Å²) in [7, 11) is 0. The number of anilines is 1. The summed E-state index contributed by atoms with van der Waals surface area (Å²) in [5.74, 6) is 0. The van der Waals surface area contributed by atoms with Gasteiger partial charge in [0.15, 0.2) is 0 Å². The molecule has 1 aliphatic rings. The third-order valence-electron chi connectivity index (χ3n) is 3.75. The lowest BCUT2D eigenvalue weighted by Gasteiger charge is -2.21. The topological polar surface area (TPSA) is 58.5 Å². The Balaban J connectivity index is 1.89. The highest BCUT2D eigenvalue weighted by atomic mass is 15.1. The first kappa shape index (κ1) is 11.3. The van der Waals surface area contributed by atoms with Crippen molar-refractivity contribution in [3.05, 3.63) is 48.7 Å². The van der Waals surface area contributed by atoms with E-state index < -0.39 is 0 Å². The van der Waals surface area contributed by atoms with Gasteiger partial charge in [0.2, 0.25) is 0 Å². The first-order valence-electron chi connectivity index (χ1n) is 6.81. The van der Waals surface area contributed by atoms with Crippen LogP contribution in [0.2, 0.25) is 0 Å². The van der Waals surface area contributed by atoms with E-state index in [4.69, 9.17) is 0 Å². The van der Waals surface area contributed by atoms with Gasteiger partial charge < -0.3 is 5.32 Å². The third-order valence-corrected chi connectivity index (χ3v) is 3.75. The fourth-order valence-electron chi connectivity index (χ4n) is 2.80. The molecule has 0 atom stereocenters. The standard InChI is InChI=1S/C15H15N5/c1-3-11-4-2-6-17-15(11)13(5-1)14-9-16-10-20(14)12-7-18-19-8-12/h1,3,5,7-10,17H,2,4,6H2,(H,18,19). The Morgan fingerprint density at radius 3 is 3.10 bits per heavy atom. The lowest BCUT2D eigenvalue weighted by molar-refractivity contribution is 0.830. The Hall–Kier alpha value is -2.56. The van der Waals surface area contributed by atoms with E-state index in [1.54, 1.807) is 6.20 Å². The van der Waals surface area contributed by atoms with Gasteiger partial charge in [0.1, 0.15) is 0 Å². The normalized spacial score (nSPS) is 13.8. The van der Waals surface area contributed by atoms with E-state index >= 15 is 0 Å². The van der Waals surface area contributed by atoms with Crippen molar-refractivity contribution in [1.29, 1.82) is 0 Å². The number of hydrogen-bond acceptors (Lipinski definition) is 3.